The van der Waals surface area contributed by atoms with Crippen LogP contribution in [-0.2, 0) is 4.74 Å². The predicted molar refractivity (Wildman–Crippen MR) is 104 cm³/mol. The van der Waals surface area contributed by atoms with Crippen molar-refractivity contribution in [2.24, 2.45) is 0 Å². The van der Waals surface area contributed by atoms with Gasteiger partial charge in [-0.05, 0) is 6.07 Å². The third-order valence-corrected chi connectivity index (χ3v) is 5.20. The maximum absolute atomic E-state index is 13.4. The third-order valence-electron chi connectivity index (χ3n) is 5.20. The average molecular weight is 412 g/mol. The molecule has 1 unspecified atom stereocenters. The number of piperazine rings is 1. The lowest BCUT2D eigenvalue weighted by Crippen LogP contribution is -2.52. The summed E-state index contributed by atoms with van der Waals surface area (Å²) < 4.78 is 19.6. The van der Waals surface area contributed by atoms with Gasteiger partial charge in [0.2, 0.25) is 0 Å². The molecule has 12 heteroatoms. The van der Waals surface area contributed by atoms with Gasteiger partial charge in [-0.1, -0.05) is 0 Å². The number of ether oxygens (including phenoxy) is 1. The Morgan fingerprint density at radius 2 is 2.20 bits per heavy atom. The van der Waals surface area contributed by atoms with Gasteiger partial charge in [0.1, 0.15) is 12.2 Å². The molecule has 0 aromatic carbocycles. The van der Waals surface area contributed by atoms with Crippen LogP contribution >= 0.6 is 0 Å². The molecule has 3 aromatic heterocycles. The van der Waals surface area contributed by atoms with E-state index < -0.39 is 11.7 Å². The van der Waals surface area contributed by atoms with Gasteiger partial charge in [0.05, 0.1) is 36.0 Å². The van der Waals surface area contributed by atoms with Gasteiger partial charge in [-0.3, -0.25) is 14.7 Å². The molecule has 5 rings (SSSR count). The van der Waals surface area contributed by atoms with Gasteiger partial charge in [0, 0.05) is 25.8 Å². The highest BCUT2D eigenvalue weighted by molar-refractivity contribution is 6.12. The van der Waals surface area contributed by atoms with Gasteiger partial charge < -0.3 is 20.7 Å². The number of pyridine rings is 1. The number of hydrogen-bond donors (Lipinski definition) is 2. The van der Waals surface area contributed by atoms with Crippen molar-refractivity contribution in [1.82, 2.24) is 24.5 Å². The van der Waals surface area contributed by atoms with Crippen LogP contribution in [0, 0.1) is 5.82 Å². The minimum atomic E-state index is -0.597. The number of hydrogen-bond acceptors (Lipinski definition) is 8. The number of nitrogens with one attached hydrogen (secondary N) is 1. The second kappa shape index (κ2) is 6.83. The first kappa shape index (κ1) is 18.1. The number of nitrogens with zero attached hydrogens (tertiary/aromatic N) is 6. The topological polar surface area (TPSA) is 131 Å². The molecule has 0 spiro atoms. The summed E-state index contributed by atoms with van der Waals surface area (Å²) in [6.45, 7) is 2.01. The van der Waals surface area contributed by atoms with Crippen molar-refractivity contribution >= 4 is 34.8 Å². The number of nitrogen functional groups attached to an aromatic ring is 1. The highest BCUT2D eigenvalue weighted by Crippen LogP contribution is 2.29. The fraction of sp³-hybridized carbons (Fsp3) is 0.278. The standard InChI is InChI=1S/C18H17FN8O3/c19-10-5-22-16-14(15(20)24-27(16)7-10)17(28)23-12-6-21-2-1-13(12)25-3-4-26-11(8-25)9-30-18(26)29/h1-2,5-7,11H,3-4,8-9H2,(H2,20,24)(H,23,28). The monoisotopic (exact) mass is 412 g/mol. The van der Waals surface area contributed by atoms with Crippen molar-refractivity contribution in [2.45, 2.75) is 6.04 Å². The molecule has 1 atom stereocenters. The minimum Gasteiger partial charge on any atom is -0.447 e. The average Bonchev–Trinajstić information content (AvgIpc) is 3.26. The Kier molecular flexibility index (Phi) is 4.12. The molecular formula is C18H17FN8O3. The van der Waals surface area contributed by atoms with Gasteiger partial charge in [-0.25, -0.2) is 18.7 Å². The predicted octanol–water partition coefficient (Wildman–Crippen LogP) is 0.739. The first-order chi connectivity index (χ1) is 14.5. The Labute approximate surface area is 169 Å². The van der Waals surface area contributed by atoms with E-state index in [1.54, 1.807) is 17.2 Å². The summed E-state index contributed by atoms with van der Waals surface area (Å²) in [7, 11) is 0. The molecule has 3 aromatic rings. The molecule has 3 N–H and O–H groups in total. The highest BCUT2D eigenvalue weighted by Gasteiger charge is 2.38. The Hall–Kier alpha value is -3.96. The molecular weight excluding hydrogens is 395 g/mol. The van der Waals surface area contributed by atoms with Gasteiger partial charge >= 0.3 is 6.09 Å². The van der Waals surface area contributed by atoms with E-state index in [0.717, 1.165) is 22.6 Å². The number of fused-ring (bicyclic) bond motifs is 2. The number of halogens is 1. The van der Waals surface area contributed by atoms with Gasteiger partial charge in [0.15, 0.2) is 17.3 Å². The van der Waals surface area contributed by atoms with Crippen molar-refractivity contribution in [3.63, 3.8) is 0 Å². The zero-order chi connectivity index (χ0) is 20.8. The van der Waals surface area contributed by atoms with Crippen LogP contribution in [0.5, 0.6) is 0 Å². The van der Waals surface area contributed by atoms with E-state index in [0.29, 0.717) is 31.9 Å². The van der Waals surface area contributed by atoms with E-state index in [2.05, 4.69) is 25.3 Å². The fourth-order valence-corrected chi connectivity index (χ4v) is 3.80. The Morgan fingerprint density at radius 3 is 3.07 bits per heavy atom. The van der Waals surface area contributed by atoms with E-state index in [4.69, 9.17) is 10.5 Å². The van der Waals surface area contributed by atoms with Crippen molar-refractivity contribution < 1.29 is 18.7 Å². The molecule has 0 bridgehead atoms. The summed E-state index contributed by atoms with van der Waals surface area (Å²) in [5.74, 6) is -1.19. The first-order valence-electron chi connectivity index (χ1n) is 9.24. The van der Waals surface area contributed by atoms with Crippen LogP contribution in [0.1, 0.15) is 10.4 Å². The lowest BCUT2D eigenvalue weighted by molar-refractivity contribution is 0.102. The van der Waals surface area contributed by atoms with Crippen LogP contribution in [0.4, 0.5) is 26.4 Å². The van der Waals surface area contributed by atoms with Crippen molar-refractivity contribution in [3.05, 3.63) is 42.2 Å². The smallest absolute Gasteiger partial charge is 0.410 e. The van der Waals surface area contributed by atoms with E-state index in [1.807, 2.05) is 0 Å². The summed E-state index contributed by atoms with van der Waals surface area (Å²) in [5, 5.41) is 6.75. The van der Waals surface area contributed by atoms with E-state index in [-0.39, 0.29) is 29.2 Å². The molecule has 154 valence electrons. The molecule has 11 nitrogen and oxygen atoms in total. The zero-order valence-corrected chi connectivity index (χ0v) is 15.7. The van der Waals surface area contributed by atoms with Crippen LogP contribution in [-0.4, -0.2) is 68.8 Å². The SMILES string of the molecule is Nc1nn2cc(F)cnc2c1C(=O)Nc1cnccc1N1CCN2C(=O)OCC2C1. The number of rotatable bonds is 3. The second-order valence-electron chi connectivity index (χ2n) is 7.02. The normalized spacial score (nSPS) is 18.4. The summed E-state index contributed by atoms with van der Waals surface area (Å²) >= 11 is 0. The Bertz CT molecular complexity index is 1170. The molecule has 2 fully saturated rings. The third kappa shape index (κ3) is 2.93. The molecule has 0 radical (unpaired) electrons. The number of anilines is 3. The fourth-order valence-electron chi connectivity index (χ4n) is 3.80. The van der Waals surface area contributed by atoms with Gasteiger partial charge in [0.25, 0.3) is 5.91 Å². The molecule has 2 aliphatic heterocycles. The molecule has 0 aliphatic carbocycles. The maximum atomic E-state index is 13.4. The Morgan fingerprint density at radius 1 is 1.33 bits per heavy atom. The van der Waals surface area contributed by atoms with E-state index in [1.165, 1.54) is 6.20 Å². The summed E-state index contributed by atoms with van der Waals surface area (Å²) in [4.78, 5) is 36.5. The largest absolute Gasteiger partial charge is 0.447 e. The molecule has 30 heavy (non-hydrogen) atoms. The maximum Gasteiger partial charge on any atom is 0.410 e. The van der Waals surface area contributed by atoms with E-state index >= 15 is 0 Å². The van der Waals surface area contributed by atoms with Gasteiger partial charge in [-0.2, -0.15) is 0 Å². The zero-order valence-electron chi connectivity index (χ0n) is 15.7. The summed E-state index contributed by atoms with van der Waals surface area (Å²) in [6.07, 6.45) is 4.95. The molecule has 2 saturated heterocycles. The number of carbonyl (C=O) groups excluding carboxylic acids is 2. The Balaban J connectivity index is 1.42. The van der Waals surface area contributed by atoms with Crippen molar-refractivity contribution in [1.29, 1.82) is 0 Å². The van der Waals surface area contributed by atoms with Crippen LogP contribution in [0.2, 0.25) is 0 Å². The van der Waals surface area contributed by atoms with Crippen molar-refractivity contribution in [3.8, 4) is 0 Å². The number of nitrogens with two attached hydrogens (primary N) is 1. The number of aromatic nitrogens is 4. The van der Waals surface area contributed by atoms with Gasteiger partial charge in [-0.15, -0.1) is 5.10 Å². The summed E-state index contributed by atoms with van der Waals surface area (Å²) in [6, 6.07) is 1.74. The number of carbonyl (C=O) groups is 2. The highest BCUT2D eigenvalue weighted by atomic mass is 19.1. The molecule has 2 amide bonds. The lowest BCUT2D eigenvalue weighted by Gasteiger charge is -2.37. The van der Waals surface area contributed by atoms with E-state index in [9.17, 15) is 14.0 Å². The second-order valence-corrected chi connectivity index (χ2v) is 7.02. The number of cyclic esters (lactones) is 1. The quantitative estimate of drug-likeness (QED) is 0.644. The van der Waals surface area contributed by atoms with Crippen LogP contribution in [0.15, 0.2) is 30.9 Å². The van der Waals surface area contributed by atoms with Crippen molar-refractivity contribution in [2.75, 3.05) is 42.2 Å². The lowest BCUT2D eigenvalue weighted by atomic mass is 10.1. The number of amides is 2. The first-order valence-corrected chi connectivity index (χ1v) is 9.24. The molecule has 5 heterocycles. The van der Waals surface area contributed by atoms with Crippen LogP contribution in [0.3, 0.4) is 0 Å². The van der Waals surface area contributed by atoms with Crippen LogP contribution < -0.4 is 16.0 Å². The molecule has 2 aliphatic rings. The molecule has 0 saturated carbocycles. The van der Waals surface area contributed by atoms with Crippen LogP contribution in [0.25, 0.3) is 5.65 Å². The minimum absolute atomic E-state index is 0.0441. The summed E-state index contributed by atoms with van der Waals surface area (Å²) in [5.41, 5.74) is 7.30.